The summed E-state index contributed by atoms with van der Waals surface area (Å²) in [5.74, 6) is 0.562. The minimum atomic E-state index is -0.507. The van der Waals surface area contributed by atoms with Crippen LogP contribution in [0, 0.1) is 11.3 Å². The van der Waals surface area contributed by atoms with Crippen LogP contribution in [0.15, 0.2) is 36.4 Å². The van der Waals surface area contributed by atoms with E-state index in [0.717, 1.165) is 29.4 Å². The maximum Gasteiger partial charge on any atom is 0.435 e. The van der Waals surface area contributed by atoms with E-state index < -0.39 is 6.09 Å². The van der Waals surface area contributed by atoms with Gasteiger partial charge < -0.3 is 10.1 Å². The van der Waals surface area contributed by atoms with Gasteiger partial charge >= 0.3 is 6.09 Å². The molecule has 1 heterocycles. The van der Waals surface area contributed by atoms with E-state index in [4.69, 9.17) is 21.6 Å². The molecule has 0 fully saturated rings. The Morgan fingerprint density at radius 3 is 2.85 bits per heavy atom. The van der Waals surface area contributed by atoms with Crippen molar-refractivity contribution in [2.45, 2.75) is 19.8 Å². The highest BCUT2D eigenvalue weighted by Crippen LogP contribution is 2.33. The number of ether oxygens (including phenoxy) is 1. The molecule has 0 aliphatic carbocycles. The minimum absolute atomic E-state index is 0.361. The maximum absolute atomic E-state index is 12.3. The first-order valence-electron chi connectivity index (χ1n) is 8.66. The summed E-state index contributed by atoms with van der Waals surface area (Å²) in [6.07, 6.45) is 1.25. The molecule has 7 heteroatoms. The second-order valence-corrected chi connectivity index (χ2v) is 6.42. The van der Waals surface area contributed by atoms with Gasteiger partial charge in [-0.15, -0.1) is 5.10 Å². The van der Waals surface area contributed by atoms with Crippen molar-refractivity contribution in [2.75, 3.05) is 19.0 Å². The molecule has 0 atom stereocenters. The molecule has 0 radical (unpaired) electrons. The van der Waals surface area contributed by atoms with E-state index in [-0.39, 0.29) is 0 Å². The molecule has 2 aromatic carbocycles. The summed E-state index contributed by atoms with van der Waals surface area (Å²) < 4.78 is 6.53. The topological polar surface area (TPSA) is 79.9 Å². The Labute approximate surface area is 162 Å². The van der Waals surface area contributed by atoms with E-state index in [9.17, 15) is 4.79 Å². The highest BCUT2D eigenvalue weighted by molar-refractivity contribution is 6.33. The molecule has 0 unspecified atom stereocenters. The molecule has 6 nitrogen and oxygen atoms in total. The zero-order chi connectivity index (χ0) is 19.4. The van der Waals surface area contributed by atoms with E-state index in [1.165, 1.54) is 4.68 Å². The number of nitrogens with zero attached hydrogens (tertiary/aromatic N) is 3. The number of aromatic nitrogens is 2. The number of halogens is 1. The third kappa shape index (κ3) is 3.74. The fraction of sp³-hybridized carbons (Fsp3) is 0.250. The van der Waals surface area contributed by atoms with Gasteiger partial charge in [-0.1, -0.05) is 31.0 Å². The van der Waals surface area contributed by atoms with Gasteiger partial charge in [-0.3, -0.25) is 0 Å². The fourth-order valence-corrected chi connectivity index (χ4v) is 3.02. The Kier molecular flexibility index (Phi) is 5.63. The number of hydrogen-bond acceptors (Lipinski definition) is 5. The van der Waals surface area contributed by atoms with Crippen molar-refractivity contribution in [1.29, 1.82) is 5.26 Å². The van der Waals surface area contributed by atoms with Crippen LogP contribution < -0.4 is 5.32 Å². The molecular weight excluding hydrogens is 364 g/mol. The Balaban J connectivity index is 2.06. The lowest BCUT2D eigenvalue weighted by molar-refractivity contribution is 0.144. The number of anilines is 1. The van der Waals surface area contributed by atoms with Crippen molar-refractivity contribution in [2.24, 2.45) is 0 Å². The molecule has 0 spiro atoms. The molecule has 0 saturated carbocycles. The first-order valence-corrected chi connectivity index (χ1v) is 9.04. The largest absolute Gasteiger partial charge is 0.448 e. The number of nitriles is 1. The quantitative estimate of drug-likeness (QED) is 0.624. The summed E-state index contributed by atoms with van der Waals surface area (Å²) in [4.78, 5) is 12.3. The molecule has 0 aliphatic heterocycles. The van der Waals surface area contributed by atoms with Gasteiger partial charge in [0, 0.05) is 23.0 Å². The molecule has 0 aliphatic rings. The van der Waals surface area contributed by atoms with Crippen molar-refractivity contribution in [3.05, 3.63) is 47.0 Å². The van der Waals surface area contributed by atoms with Gasteiger partial charge in [-0.25, -0.2) is 4.79 Å². The molecule has 0 amide bonds. The summed E-state index contributed by atoms with van der Waals surface area (Å²) in [5, 5.41) is 17.8. The highest BCUT2D eigenvalue weighted by atomic mass is 35.5. The van der Waals surface area contributed by atoms with E-state index >= 15 is 0 Å². The third-order valence-corrected chi connectivity index (χ3v) is 4.55. The molecule has 1 aromatic heterocycles. The second kappa shape index (κ2) is 8.11. The Morgan fingerprint density at radius 2 is 2.15 bits per heavy atom. The van der Waals surface area contributed by atoms with Crippen molar-refractivity contribution in [3.63, 3.8) is 0 Å². The van der Waals surface area contributed by atoms with Crippen molar-refractivity contribution in [1.82, 2.24) is 9.78 Å². The smallest absolute Gasteiger partial charge is 0.435 e. The standard InChI is InChI=1S/C20H19ClN4O2/c1-3-4-9-27-20(26)25-18-8-6-14(11-16(18)19(23-2)24-25)15-10-13(12-22)5-7-17(15)21/h5-8,10-11H,3-4,9H2,1-2H3,(H,23,24). The summed E-state index contributed by atoms with van der Waals surface area (Å²) in [7, 11) is 1.74. The highest BCUT2D eigenvalue weighted by Gasteiger charge is 2.17. The number of hydrogen-bond donors (Lipinski definition) is 1. The van der Waals surface area contributed by atoms with Crippen LogP contribution in [0.5, 0.6) is 0 Å². The number of benzene rings is 2. The van der Waals surface area contributed by atoms with Gasteiger partial charge in [0.25, 0.3) is 0 Å². The Morgan fingerprint density at radius 1 is 1.33 bits per heavy atom. The molecule has 27 heavy (non-hydrogen) atoms. The van der Waals surface area contributed by atoms with Crippen LogP contribution in [0.3, 0.4) is 0 Å². The average Bonchev–Trinajstić information content (AvgIpc) is 3.06. The summed E-state index contributed by atoms with van der Waals surface area (Å²) in [6, 6.07) is 12.8. The zero-order valence-electron chi connectivity index (χ0n) is 15.1. The second-order valence-electron chi connectivity index (χ2n) is 6.02. The summed E-state index contributed by atoms with van der Waals surface area (Å²) >= 11 is 6.32. The van der Waals surface area contributed by atoms with Gasteiger partial charge in [-0.2, -0.15) is 9.94 Å². The van der Waals surface area contributed by atoms with Crippen molar-refractivity contribution >= 4 is 34.4 Å². The van der Waals surface area contributed by atoms with Crippen molar-refractivity contribution < 1.29 is 9.53 Å². The van der Waals surface area contributed by atoms with Gasteiger partial charge in [0.1, 0.15) is 0 Å². The fourth-order valence-electron chi connectivity index (χ4n) is 2.79. The van der Waals surface area contributed by atoms with Crippen molar-refractivity contribution in [3.8, 4) is 17.2 Å². The predicted molar refractivity (Wildman–Crippen MR) is 106 cm³/mol. The Bertz CT molecular complexity index is 1040. The molecular formula is C20H19ClN4O2. The van der Waals surface area contributed by atoms with Gasteiger partial charge in [-0.05, 0) is 42.3 Å². The average molecular weight is 383 g/mol. The van der Waals surface area contributed by atoms with Gasteiger partial charge in [0.05, 0.1) is 23.8 Å². The SMILES string of the molecule is CCCCOC(=O)n1nc(NC)c2cc(-c3cc(C#N)ccc3Cl)ccc21. The number of rotatable bonds is 5. The summed E-state index contributed by atoms with van der Waals surface area (Å²) in [5.41, 5.74) is 2.74. The van der Waals surface area contributed by atoms with E-state index in [1.807, 2.05) is 19.1 Å². The molecule has 138 valence electrons. The number of fused-ring (bicyclic) bond motifs is 1. The first kappa shape index (κ1) is 18.7. The van der Waals surface area contributed by atoms with Crippen LogP contribution in [0.1, 0.15) is 25.3 Å². The Hall–Kier alpha value is -3.04. The molecule has 3 aromatic rings. The molecule has 1 N–H and O–H groups in total. The van der Waals surface area contributed by atoms with E-state index in [1.54, 1.807) is 31.3 Å². The number of nitrogens with one attached hydrogen (secondary N) is 1. The first-order chi connectivity index (χ1) is 13.1. The van der Waals surface area contributed by atoms with E-state index in [0.29, 0.717) is 28.5 Å². The van der Waals surface area contributed by atoms with Gasteiger partial charge in [0.15, 0.2) is 5.82 Å². The molecule has 0 saturated heterocycles. The molecule has 0 bridgehead atoms. The lowest BCUT2D eigenvalue weighted by Crippen LogP contribution is -2.15. The van der Waals surface area contributed by atoms with Crippen LogP contribution in [-0.4, -0.2) is 29.5 Å². The number of carbonyl (C=O) groups is 1. The lowest BCUT2D eigenvalue weighted by Gasteiger charge is -2.07. The van der Waals surface area contributed by atoms with Crippen LogP contribution in [0.25, 0.3) is 22.0 Å². The monoisotopic (exact) mass is 382 g/mol. The van der Waals surface area contributed by atoms with Gasteiger partial charge in [0.2, 0.25) is 0 Å². The lowest BCUT2D eigenvalue weighted by atomic mass is 10.0. The van der Waals surface area contributed by atoms with Crippen LogP contribution in [0.4, 0.5) is 10.6 Å². The maximum atomic E-state index is 12.3. The normalized spacial score (nSPS) is 10.6. The van der Waals surface area contributed by atoms with E-state index in [2.05, 4.69) is 16.5 Å². The minimum Gasteiger partial charge on any atom is -0.448 e. The number of unbranched alkanes of at least 4 members (excludes halogenated alkanes) is 1. The summed E-state index contributed by atoms with van der Waals surface area (Å²) in [6.45, 7) is 2.39. The van der Waals surface area contributed by atoms with Crippen LogP contribution in [-0.2, 0) is 4.74 Å². The van der Waals surface area contributed by atoms with Crippen LogP contribution in [0.2, 0.25) is 5.02 Å². The zero-order valence-corrected chi connectivity index (χ0v) is 15.9. The molecule has 3 rings (SSSR count). The number of carbonyl (C=O) groups excluding carboxylic acids is 1. The van der Waals surface area contributed by atoms with Crippen LogP contribution >= 0.6 is 11.6 Å². The predicted octanol–water partition coefficient (Wildman–Crippen LogP) is 5.05. The third-order valence-electron chi connectivity index (χ3n) is 4.22.